The summed E-state index contributed by atoms with van der Waals surface area (Å²) in [4.78, 5) is 13.4. The first-order valence-electron chi connectivity index (χ1n) is 13.9. The van der Waals surface area contributed by atoms with Gasteiger partial charge in [-0.2, -0.15) is 0 Å². The Bertz CT molecular complexity index is 1600. The van der Waals surface area contributed by atoms with Crippen molar-refractivity contribution in [2.45, 2.75) is 56.9 Å². The summed E-state index contributed by atoms with van der Waals surface area (Å²) in [7, 11) is 4.62. The number of aliphatic hydroxyl groups excluding tert-OH is 1. The minimum Gasteiger partial charge on any atom is -0.493 e. The van der Waals surface area contributed by atoms with Gasteiger partial charge in [-0.1, -0.05) is 6.07 Å². The highest BCUT2D eigenvalue weighted by Gasteiger charge is 2.56. The van der Waals surface area contributed by atoms with Crippen LogP contribution in [-0.2, 0) is 30.3 Å². The molecule has 0 aliphatic carbocycles. The SMILES string of the molecule is COCC1OC(Oc2c3c(c(-c4ccc5c(c4)OCO5)c4cc(OC)c(OC)cc24)C(=O)OC3)C(O)C2OC(C)(C)OC12. The van der Waals surface area contributed by atoms with Gasteiger partial charge in [-0.25, -0.2) is 4.79 Å². The lowest BCUT2D eigenvalue weighted by Gasteiger charge is -2.39. The number of methoxy groups -OCH3 is 3. The van der Waals surface area contributed by atoms with Gasteiger partial charge in [-0.15, -0.1) is 0 Å². The number of fused-ring (bicyclic) bond motifs is 4. The normalized spacial score (nSPS) is 26.7. The molecule has 0 spiro atoms. The zero-order valence-electron chi connectivity index (χ0n) is 24.3. The lowest BCUT2D eigenvalue weighted by Crippen LogP contribution is -2.59. The Morgan fingerprint density at radius 3 is 2.37 bits per heavy atom. The molecule has 4 heterocycles. The van der Waals surface area contributed by atoms with Crippen molar-refractivity contribution in [1.82, 2.24) is 0 Å². The third kappa shape index (κ3) is 4.52. The van der Waals surface area contributed by atoms with Gasteiger partial charge >= 0.3 is 5.97 Å². The smallest absolute Gasteiger partial charge is 0.339 e. The quantitative estimate of drug-likeness (QED) is 0.401. The van der Waals surface area contributed by atoms with Crippen molar-refractivity contribution >= 4 is 16.7 Å². The van der Waals surface area contributed by atoms with E-state index in [1.54, 1.807) is 39.2 Å². The van der Waals surface area contributed by atoms with E-state index in [1.807, 2.05) is 12.1 Å². The van der Waals surface area contributed by atoms with Gasteiger partial charge in [0, 0.05) is 23.6 Å². The average Bonchev–Trinajstić information content (AvgIpc) is 3.71. The summed E-state index contributed by atoms with van der Waals surface area (Å²) < 4.78 is 58.2. The van der Waals surface area contributed by atoms with Crippen LogP contribution < -0.4 is 23.7 Å². The number of carbonyl (C=O) groups excluding carboxylic acids is 1. The second-order valence-electron chi connectivity index (χ2n) is 11.1. The first kappa shape index (κ1) is 28.0. The van der Waals surface area contributed by atoms with Crippen LogP contribution in [0.4, 0.5) is 0 Å². The molecule has 0 radical (unpaired) electrons. The summed E-state index contributed by atoms with van der Waals surface area (Å²) in [6.07, 6.45) is -4.32. The molecule has 4 aliphatic rings. The van der Waals surface area contributed by atoms with E-state index in [4.69, 9.17) is 47.4 Å². The molecule has 2 saturated heterocycles. The molecule has 5 atom stereocenters. The summed E-state index contributed by atoms with van der Waals surface area (Å²) in [5, 5.41) is 12.6. The number of benzene rings is 3. The van der Waals surface area contributed by atoms with Crippen LogP contribution in [-0.4, -0.2) is 82.3 Å². The standard InChI is InChI=1S/C31H32O12/c1-31(2)42-27-22(12-34-3)40-30(25(32)28(27)43-31)41-26-16-10-20(36-5)19(35-4)9-15(16)23(24-17(26)11-37-29(24)33)14-6-7-18-21(8-14)39-13-38-18/h6-10,22,25,27-28,30,32H,11-13H2,1-5H3. The highest BCUT2D eigenvalue weighted by molar-refractivity contribution is 6.14. The third-order valence-electron chi connectivity index (χ3n) is 8.10. The number of hydrogen-bond acceptors (Lipinski definition) is 12. The molecular formula is C31H32O12. The number of rotatable bonds is 7. The summed E-state index contributed by atoms with van der Waals surface area (Å²) in [6, 6.07) is 9.03. The number of aliphatic hydroxyl groups is 1. The molecule has 3 aromatic rings. The summed E-state index contributed by atoms with van der Waals surface area (Å²) in [6.45, 7) is 3.79. The molecule has 43 heavy (non-hydrogen) atoms. The molecular weight excluding hydrogens is 564 g/mol. The van der Waals surface area contributed by atoms with E-state index >= 15 is 0 Å². The molecule has 12 nitrogen and oxygen atoms in total. The Hall–Kier alpha value is -3.81. The first-order chi connectivity index (χ1) is 20.7. The van der Waals surface area contributed by atoms with Crippen LogP contribution in [0.5, 0.6) is 28.7 Å². The average molecular weight is 597 g/mol. The zero-order valence-corrected chi connectivity index (χ0v) is 24.3. The summed E-state index contributed by atoms with van der Waals surface area (Å²) >= 11 is 0. The van der Waals surface area contributed by atoms with Crippen molar-refractivity contribution in [2.75, 3.05) is 34.7 Å². The van der Waals surface area contributed by atoms with E-state index < -0.39 is 42.5 Å². The van der Waals surface area contributed by atoms with Crippen LogP contribution in [0.25, 0.3) is 21.9 Å². The lowest BCUT2D eigenvalue weighted by molar-refractivity contribution is -0.255. The molecule has 2 fully saturated rings. The van der Waals surface area contributed by atoms with Gasteiger partial charge in [0.15, 0.2) is 28.8 Å². The van der Waals surface area contributed by atoms with Gasteiger partial charge in [-0.3, -0.25) is 0 Å². The Morgan fingerprint density at radius 2 is 1.63 bits per heavy atom. The van der Waals surface area contributed by atoms with Gasteiger partial charge < -0.3 is 52.5 Å². The molecule has 3 aromatic carbocycles. The predicted molar refractivity (Wildman–Crippen MR) is 149 cm³/mol. The van der Waals surface area contributed by atoms with Gasteiger partial charge in [0.25, 0.3) is 0 Å². The van der Waals surface area contributed by atoms with E-state index in [0.717, 1.165) is 0 Å². The van der Waals surface area contributed by atoms with E-state index in [2.05, 4.69) is 0 Å². The number of carbonyl (C=O) groups is 1. The fourth-order valence-corrected chi connectivity index (χ4v) is 6.26. The largest absolute Gasteiger partial charge is 0.493 e. The van der Waals surface area contributed by atoms with Crippen molar-refractivity contribution < 1.29 is 57.3 Å². The van der Waals surface area contributed by atoms with Crippen molar-refractivity contribution in [3.05, 3.63) is 41.5 Å². The maximum Gasteiger partial charge on any atom is 0.339 e. The molecule has 12 heteroatoms. The Morgan fingerprint density at radius 1 is 0.907 bits per heavy atom. The number of cyclic esters (lactones) is 1. The number of esters is 1. The maximum absolute atomic E-state index is 13.4. The number of ether oxygens (including phenoxy) is 10. The maximum atomic E-state index is 13.4. The van der Waals surface area contributed by atoms with Crippen LogP contribution in [0.1, 0.15) is 29.8 Å². The van der Waals surface area contributed by atoms with Crippen molar-refractivity contribution in [2.24, 2.45) is 0 Å². The molecule has 0 bridgehead atoms. The Balaban J connectivity index is 1.41. The highest BCUT2D eigenvalue weighted by atomic mass is 16.8. The summed E-state index contributed by atoms with van der Waals surface area (Å²) in [5.41, 5.74) is 2.14. The first-order valence-corrected chi connectivity index (χ1v) is 13.9. The van der Waals surface area contributed by atoms with Crippen LogP contribution in [0.15, 0.2) is 30.3 Å². The third-order valence-corrected chi connectivity index (χ3v) is 8.10. The molecule has 7 rings (SSSR count). The minimum atomic E-state index is -1.22. The number of hydrogen-bond donors (Lipinski definition) is 1. The summed E-state index contributed by atoms with van der Waals surface area (Å²) in [5.74, 6) is 0.915. The fraction of sp³-hybridized carbons (Fsp3) is 0.452. The van der Waals surface area contributed by atoms with Gasteiger partial charge in [0.1, 0.15) is 36.8 Å². The molecule has 4 aliphatic heterocycles. The molecule has 0 amide bonds. The van der Waals surface area contributed by atoms with Gasteiger partial charge in [-0.05, 0) is 49.1 Å². The highest BCUT2D eigenvalue weighted by Crippen LogP contribution is 2.50. The van der Waals surface area contributed by atoms with Crippen LogP contribution in [0.2, 0.25) is 0 Å². The lowest BCUT2D eigenvalue weighted by atomic mass is 9.89. The van der Waals surface area contributed by atoms with Crippen LogP contribution in [0.3, 0.4) is 0 Å². The van der Waals surface area contributed by atoms with E-state index in [0.29, 0.717) is 61.8 Å². The topological polar surface area (TPSA) is 130 Å². The van der Waals surface area contributed by atoms with Gasteiger partial charge in [0.2, 0.25) is 13.1 Å². The predicted octanol–water partition coefficient (Wildman–Crippen LogP) is 3.55. The fourth-order valence-electron chi connectivity index (χ4n) is 6.26. The molecule has 5 unspecified atom stereocenters. The Labute approximate surface area is 247 Å². The minimum absolute atomic E-state index is 0.0473. The van der Waals surface area contributed by atoms with Crippen molar-refractivity contribution in [3.63, 3.8) is 0 Å². The molecule has 228 valence electrons. The van der Waals surface area contributed by atoms with E-state index in [-0.39, 0.29) is 20.0 Å². The van der Waals surface area contributed by atoms with Gasteiger partial charge in [0.05, 0.1) is 26.4 Å². The Kier molecular flexibility index (Phi) is 6.78. The second-order valence-corrected chi connectivity index (χ2v) is 11.1. The second kappa shape index (κ2) is 10.4. The van der Waals surface area contributed by atoms with E-state index in [9.17, 15) is 9.90 Å². The monoisotopic (exact) mass is 596 g/mol. The van der Waals surface area contributed by atoms with E-state index in [1.165, 1.54) is 14.2 Å². The zero-order chi connectivity index (χ0) is 30.0. The molecule has 0 saturated carbocycles. The molecule has 1 N–H and O–H groups in total. The van der Waals surface area contributed by atoms with Crippen molar-refractivity contribution in [3.8, 4) is 39.9 Å². The van der Waals surface area contributed by atoms with Crippen LogP contribution >= 0.6 is 0 Å². The van der Waals surface area contributed by atoms with Crippen molar-refractivity contribution in [1.29, 1.82) is 0 Å². The van der Waals surface area contributed by atoms with Crippen LogP contribution in [0, 0.1) is 0 Å². The molecule has 0 aromatic heterocycles.